The normalized spacial score (nSPS) is 20.5. The zero-order valence-corrected chi connectivity index (χ0v) is 9.51. The van der Waals surface area contributed by atoms with Crippen LogP contribution in [0.4, 0.5) is 0 Å². The van der Waals surface area contributed by atoms with Gasteiger partial charge in [-0.1, -0.05) is 6.58 Å². The van der Waals surface area contributed by atoms with E-state index >= 15 is 0 Å². The van der Waals surface area contributed by atoms with Gasteiger partial charge in [0.1, 0.15) is 12.7 Å². The molecule has 0 fully saturated rings. The van der Waals surface area contributed by atoms with Gasteiger partial charge in [-0.25, -0.2) is 9.59 Å². The van der Waals surface area contributed by atoms with Crippen LogP contribution in [0.5, 0.6) is 0 Å². The number of alkyl halides is 1. The van der Waals surface area contributed by atoms with Crippen molar-refractivity contribution in [2.24, 2.45) is 0 Å². The fourth-order valence-corrected chi connectivity index (χ4v) is 1.25. The van der Waals surface area contributed by atoms with Gasteiger partial charge in [-0.15, -0.1) is 11.6 Å². The second-order valence-electron chi connectivity index (χ2n) is 3.19. The highest BCUT2D eigenvalue weighted by Crippen LogP contribution is 2.21. The Kier molecular flexibility index (Phi) is 4.68. The van der Waals surface area contributed by atoms with E-state index in [1.165, 1.54) is 0 Å². The predicted molar refractivity (Wildman–Crippen MR) is 57.0 cm³/mol. The number of rotatable bonds is 5. The van der Waals surface area contributed by atoms with Gasteiger partial charge < -0.3 is 19.7 Å². The molecule has 0 aliphatic carbocycles. The summed E-state index contributed by atoms with van der Waals surface area (Å²) in [5, 5.41) is 18.9. The molecule has 7 heteroatoms. The zero-order chi connectivity index (χ0) is 13.0. The van der Waals surface area contributed by atoms with Crippen LogP contribution in [0, 0.1) is 0 Å². The molecular formula is C10H11ClO6. The molecular weight excluding hydrogens is 252 g/mol. The molecule has 1 aliphatic rings. The second kappa shape index (κ2) is 5.81. The van der Waals surface area contributed by atoms with Crippen molar-refractivity contribution in [2.75, 3.05) is 12.5 Å². The van der Waals surface area contributed by atoms with Crippen molar-refractivity contribution in [3.8, 4) is 0 Å². The number of carbonyl (C=O) groups is 2. The minimum Gasteiger partial charge on any atom is -0.461 e. The van der Waals surface area contributed by atoms with Crippen LogP contribution in [-0.4, -0.2) is 47.0 Å². The molecule has 2 unspecified atom stereocenters. The molecule has 0 amide bonds. The SMILES string of the molecule is C=C(C(=O)OCCCl)C(O)C1=CC(=O)OC1O. The van der Waals surface area contributed by atoms with Crippen LogP contribution in [0.3, 0.4) is 0 Å². The topological polar surface area (TPSA) is 93.1 Å². The summed E-state index contributed by atoms with van der Waals surface area (Å²) in [6, 6.07) is 0. The number of aliphatic hydroxyl groups is 2. The van der Waals surface area contributed by atoms with Gasteiger partial charge in [-0.05, 0) is 0 Å². The van der Waals surface area contributed by atoms with Crippen LogP contribution in [-0.2, 0) is 19.1 Å². The zero-order valence-electron chi connectivity index (χ0n) is 8.76. The lowest BCUT2D eigenvalue weighted by atomic mass is 10.0. The highest BCUT2D eigenvalue weighted by molar-refractivity contribution is 6.18. The Balaban J connectivity index is 2.67. The van der Waals surface area contributed by atoms with Crippen molar-refractivity contribution in [1.29, 1.82) is 0 Å². The molecule has 6 nitrogen and oxygen atoms in total. The van der Waals surface area contributed by atoms with Crippen molar-refractivity contribution < 1.29 is 29.3 Å². The Bertz CT molecular complexity index is 375. The monoisotopic (exact) mass is 262 g/mol. The number of esters is 2. The highest BCUT2D eigenvalue weighted by Gasteiger charge is 2.33. The highest BCUT2D eigenvalue weighted by atomic mass is 35.5. The molecule has 0 bridgehead atoms. The van der Waals surface area contributed by atoms with E-state index in [4.69, 9.17) is 11.6 Å². The summed E-state index contributed by atoms with van der Waals surface area (Å²) >= 11 is 5.31. The first-order valence-corrected chi connectivity index (χ1v) is 5.21. The van der Waals surface area contributed by atoms with Gasteiger partial charge in [0.2, 0.25) is 6.29 Å². The summed E-state index contributed by atoms with van der Waals surface area (Å²) in [5.41, 5.74) is -0.457. The van der Waals surface area contributed by atoms with Crippen LogP contribution in [0.15, 0.2) is 23.8 Å². The molecule has 0 spiro atoms. The maximum atomic E-state index is 11.3. The lowest BCUT2D eigenvalue weighted by Gasteiger charge is -2.15. The third kappa shape index (κ3) is 3.29. The van der Waals surface area contributed by atoms with Gasteiger partial charge >= 0.3 is 11.9 Å². The average Bonchev–Trinajstić information content (AvgIpc) is 2.63. The molecule has 2 atom stereocenters. The number of hydrogen-bond donors (Lipinski definition) is 2. The average molecular weight is 263 g/mol. The van der Waals surface area contributed by atoms with Gasteiger partial charge in [0.05, 0.1) is 11.5 Å². The molecule has 0 aromatic heterocycles. The Morgan fingerprint density at radius 1 is 1.71 bits per heavy atom. The van der Waals surface area contributed by atoms with Crippen LogP contribution in [0.2, 0.25) is 0 Å². The van der Waals surface area contributed by atoms with E-state index in [1.807, 2.05) is 0 Å². The van der Waals surface area contributed by atoms with Crippen LogP contribution < -0.4 is 0 Å². The minimum absolute atomic E-state index is 0.0246. The van der Waals surface area contributed by atoms with Crippen molar-refractivity contribution in [3.05, 3.63) is 23.8 Å². The molecule has 0 saturated carbocycles. The number of hydrogen-bond acceptors (Lipinski definition) is 6. The summed E-state index contributed by atoms with van der Waals surface area (Å²) < 4.78 is 8.99. The van der Waals surface area contributed by atoms with Crippen LogP contribution in [0.1, 0.15) is 0 Å². The first kappa shape index (κ1) is 13.7. The van der Waals surface area contributed by atoms with Gasteiger partial charge in [0, 0.05) is 11.6 Å². The summed E-state index contributed by atoms with van der Waals surface area (Å²) in [6.45, 7) is 3.30. The molecule has 0 radical (unpaired) electrons. The largest absolute Gasteiger partial charge is 0.461 e. The third-order valence-electron chi connectivity index (χ3n) is 2.02. The van der Waals surface area contributed by atoms with E-state index < -0.39 is 24.3 Å². The van der Waals surface area contributed by atoms with E-state index in [2.05, 4.69) is 16.1 Å². The molecule has 1 heterocycles. The lowest BCUT2D eigenvalue weighted by molar-refractivity contribution is -0.151. The van der Waals surface area contributed by atoms with Crippen molar-refractivity contribution >= 4 is 23.5 Å². The second-order valence-corrected chi connectivity index (χ2v) is 3.56. The van der Waals surface area contributed by atoms with Crippen LogP contribution in [0.25, 0.3) is 0 Å². The molecule has 2 N–H and O–H groups in total. The molecule has 1 aliphatic heterocycles. The van der Waals surface area contributed by atoms with Gasteiger partial charge in [0.25, 0.3) is 0 Å². The predicted octanol–water partition coefficient (Wildman–Crippen LogP) is -0.513. The third-order valence-corrected chi connectivity index (χ3v) is 2.17. The molecule has 1 rings (SSSR count). The van der Waals surface area contributed by atoms with Gasteiger partial charge in [0.15, 0.2) is 0 Å². The van der Waals surface area contributed by atoms with E-state index in [0.29, 0.717) is 0 Å². The van der Waals surface area contributed by atoms with E-state index in [0.717, 1.165) is 6.08 Å². The first-order chi connectivity index (χ1) is 7.97. The molecule has 0 saturated heterocycles. The molecule has 17 heavy (non-hydrogen) atoms. The Morgan fingerprint density at radius 2 is 2.35 bits per heavy atom. The Morgan fingerprint density at radius 3 is 2.82 bits per heavy atom. The van der Waals surface area contributed by atoms with Crippen LogP contribution >= 0.6 is 11.6 Å². The summed E-state index contributed by atoms with van der Waals surface area (Å²) in [4.78, 5) is 22.1. The van der Waals surface area contributed by atoms with E-state index in [-0.39, 0.29) is 23.6 Å². The number of halogens is 1. The van der Waals surface area contributed by atoms with Gasteiger partial charge in [-0.2, -0.15) is 0 Å². The summed E-state index contributed by atoms with van der Waals surface area (Å²) in [6.07, 6.45) is -2.20. The standard InChI is InChI=1S/C10H11ClO6/c1-5(9(14)16-3-2-11)8(13)6-4-7(12)17-10(6)15/h4,8,10,13,15H,1-3H2. The fourth-order valence-electron chi connectivity index (χ4n) is 1.17. The van der Waals surface area contributed by atoms with Crippen molar-refractivity contribution in [1.82, 2.24) is 0 Å². The van der Waals surface area contributed by atoms with E-state index in [9.17, 15) is 19.8 Å². The smallest absolute Gasteiger partial charge is 0.336 e. The Hall–Kier alpha value is -1.37. The van der Waals surface area contributed by atoms with Crippen molar-refractivity contribution in [2.45, 2.75) is 12.4 Å². The van der Waals surface area contributed by atoms with Crippen molar-refractivity contribution in [3.63, 3.8) is 0 Å². The Labute approximate surface area is 102 Å². The van der Waals surface area contributed by atoms with E-state index in [1.54, 1.807) is 0 Å². The summed E-state index contributed by atoms with van der Waals surface area (Å²) in [7, 11) is 0. The number of aliphatic hydroxyl groups excluding tert-OH is 2. The quantitative estimate of drug-likeness (QED) is 0.394. The minimum atomic E-state index is -1.57. The number of cyclic esters (lactones) is 1. The fraction of sp³-hybridized carbons (Fsp3) is 0.400. The number of carbonyl (C=O) groups excluding carboxylic acids is 2. The summed E-state index contributed by atoms with van der Waals surface area (Å²) in [5.74, 6) is -1.54. The number of ether oxygens (including phenoxy) is 2. The molecule has 94 valence electrons. The van der Waals surface area contributed by atoms with Gasteiger partial charge in [-0.3, -0.25) is 0 Å². The molecule has 0 aromatic carbocycles. The first-order valence-electron chi connectivity index (χ1n) is 4.67. The lowest BCUT2D eigenvalue weighted by Crippen LogP contribution is -2.26. The molecule has 0 aromatic rings. The maximum absolute atomic E-state index is 11.3. The maximum Gasteiger partial charge on any atom is 0.336 e.